The van der Waals surface area contributed by atoms with Gasteiger partial charge < -0.3 is 19.9 Å². The van der Waals surface area contributed by atoms with E-state index in [1.165, 1.54) is 0 Å². The van der Waals surface area contributed by atoms with E-state index in [0.29, 0.717) is 31.2 Å². The van der Waals surface area contributed by atoms with E-state index in [1.54, 1.807) is 0 Å². The number of carboxylic acid groups (broad SMARTS) is 1. The summed E-state index contributed by atoms with van der Waals surface area (Å²) in [5.74, 6) is -1.85. The minimum Gasteiger partial charge on any atom is -0.481 e. The van der Waals surface area contributed by atoms with Crippen LogP contribution in [0.3, 0.4) is 0 Å². The molecule has 0 bridgehead atoms. The third kappa shape index (κ3) is 7.06. The number of morpholine rings is 1. The molecule has 4 rings (SSSR count). The molecule has 2 atom stereocenters. The van der Waals surface area contributed by atoms with E-state index in [0.717, 1.165) is 29.8 Å². The highest BCUT2D eigenvalue weighted by atomic mass is 35.5. The number of carboxylic acids is 1. The maximum atomic E-state index is 12.7. The maximum Gasteiger partial charge on any atom is 0.308 e. The molecule has 0 aromatic heterocycles. The molecule has 1 heterocycles. The summed E-state index contributed by atoms with van der Waals surface area (Å²) in [4.78, 5) is 38.3. The van der Waals surface area contributed by atoms with Crippen LogP contribution in [0.2, 0.25) is 5.02 Å². The number of aliphatic carboxylic acids is 1. The maximum absolute atomic E-state index is 12.7. The number of carbonyl (C=O) groups excluding carboxylic acids is 2. The first kappa shape index (κ1) is 26.1. The van der Waals surface area contributed by atoms with Crippen LogP contribution in [-0.2, 0) is 23.9 Å². The van der Waals surface area contributed by atoms with Crippen molar-refractivity contribution in [2.24, 2.45) is 0 Å². The standard InChI is InChI=1S/C27H31ClN2O6/c28-22-3-1-2-21(16-22)19-4-6-20(7-5-19)23-17-27(23,29-24(31)8-9-25(32)33)18-26(34)36-15-12-30-10-13-35-14-11-30/h1-7,16,23H,8-15,17-18H2,(H,29,31)(H,32,33)/t23-,27?/m0/s1. The summed E-state index contributed by atoms with van der Waals surface area (Å²) >= 11 is 6.12. The Balaban J connectivity index is 1.40. The zero-order valence-corrected chi connectivity index (χ0v) is 20.8. The van der Waals surface area contributed by atoms with Gasteiger partial charge in [0.05, 0.1) is 31.6 Å². The van der Waals surface area contributed by atoms with Crippen LogP contribution in [0.5, 0.6) is 0 Å². The summed E-state index contributed by atoms with van der Waals surface area (Å²) in [6.45, 7) is 3.90. The number of nitrogens with one attached hydrogen (secondary N) is 1. The number of amides is 1. The topological polar surface area (TPSA) is 105 Å². The van der Waals surface area contributed by atoms with Gasteiger partial charge in [0.2, 0.25) is 5.91 Å². The number of rotatable bonds is 11. The predicted molar refractivity (Wildman–Crippen MR) is 135 cm³/mol. The van der Waals surface area contributed by atoms with E-state index in [1.807, 2.05) is 48.5 Å². The molecule has 1 saturated carbocycles. The minimum absolute atomic E-state index is 0.0373. The van der Waals surface area contributed by atoms with Crippen molar-refractivity contribution in [2.45, 2.75) is 37.1 Å². The highest BCUT2D eigenvalue weighted by Gasteiger charge is 2.57. The fourth-order valence-electron chi connectivity index (χ4n) is 4.68. The van der Waals surface area contributed by atoms with Crippen molar-refractivity contribution in [3.63, 3.8) is 0 Å². The summed E-state index contributed by atoms with van der Waals surface area (Å²) in [6.07, 6.45) is 0.227. The van der Waals surface area contributed by atoms with Gasteiger partial charge in [0.25, 0.3) is 0 Å². The molecule has 1 aliphatic heterocycles. The summed E-state index contributed by atoms with van der Waals surface area (Å²) in [5, 5.41) is 12.5. The number of carbonyl (C=O) groups is 3. The Bertz CT molecular complexity index is 1090. The molecular formula is C27H31ClN2O6. The third-order valence-electron chi connectivity index (χ3n) is 6.73. The summed E-state index contributed by atoms with van der Waals surface area (Å²) < 4.78 is 10.8. The Hall–Kier alpha value is -2.94. The monoisotopic (exact) mass is 514 g/mol. The van der Waals surface area contributed by atoms with Crippen molar-refractivity contribution in [3.8, 4) is 11.1 Å². The lowest BCUT2D eigenvalue weighted by Crippen LogP contribution is -2.41. The molecule has 1 amide bonds. The van der Waals surface area contributed by atoms with Crippen LogP contribution >= 0.6 is 11.6 Å². The van der Waals surface area contributed by atoms with Gasteiger partial charge in [-0.05, 0) is 35.2 Å². The van der Waals surface area contributed by atoms with Crippen LogP contribution < -0.4 is 5.32 Å². The molecule has 0 radical (unpaired) electrons. The predicted octanol–water partition coefficient (Wildman–Crippen LogP) is 3.48. The summed E-state index contributed by atoms with van der Waals surface area (Å²) in [7, 11) is 0. The average molecular weight is 515 g/mol. The first-order chi connectivity index (χ1) is 17.3. The molecule has 2 aromatic rings. The van der Waals surface area contributed by atoms with Crippen LogP contribution in [0.15, 0.2) is 48.5 Å². The lowest BCUT2D eigenvalue weighted by molar-refractivity contribution is -0.145. The van der Waals surface area contributed by atoms with Gasteiger partial charge in [0.15, 0.2) is 0 Å². The van der Waals surface area contributed by atoms with Gasteiger partial charge in [-0.25, -0.2) is 0 Å². The van der Waals surface area contributed by atoms with Crippen LogP contribution in [-0.4, -0.2) is 72.8 Å². The molecule has 2 fully saturated rings. The van der Waals surface area contributed by atoms with Gasteiger partial charge in [-0.15, -0.1) is 0 Å². The van der Waals surface area contributed by atoms with Gasteiger partial charge in [-0.1, -0.05) is 48.0 Å². The second-order valence-corrected chi connectivity index (χ2v) is 9.77. The molecule has 8 nitrogen and oxygen atoms in total. The first-order valence-corrected chi connectivity index (χ1v) is 12.6. The Kier molecular flexibility index (Phi) is 8.61. The number of halogens is 1. The van der Waals surface area contributed by atoms with E-state index in [4.69, 9.17) is 26.2 Å². The fourth-order valence-corrected chi connectivity index (χ4v) is 4.87. The summed E-state index contributed by atoms with van der Waals surface area (Å²) in [6, 6.07) is 15.6. The van der Waals surface area contributed by atoms with Crippen LogP contribution in [0.1, 0.15) is 37.2 Å². The SMILES string of the molecule is O=C(O)CCC(=O)NC1(CC(=O)OCCN2CCOCC2)C[C@H]1c1ccc(-c2cccc(Cl)c2)cc1. The van der Waals surface area contributed by atoms with E-state index in [9.17, 15) is 14.4 Å². The minimum atomic E-state index is -1.04. The molecule has 9 heteroatoms. The number of esters is 1. The molecule has 1 aliphatic carbocycles. The van der Waals surface area contributed by atoms with E-state index in [2.05, 4.69) is 10.2 Å². The molecule has 192 valence electrons. The Morgan fingerprint density at radius 2 is 1.83 bits per heavy atom. The first-order valence-electron chi connectivity index (χ1n) is 12.2. The van der Waals surface area contributed by atoms with Crippen LogP contribution in [0.25, 0.3) is 11.1 Å². The van der Waals surface area contributed by atoms with Crippen molar-refractivity contribution in [3.05, 3.63) is 59.1 Å². The number of benzene rings is 2. The lowest BCUT2D eigenvalue weighted by Gasteiger charge is -2.26. The molecule has 1 saturated heterocycles. The number of hydrogen-bond acceptors (Lipinski definition) is 6. The van der Waals surface area contributed by atoms with Crippen molar-refractivity contribution in [1.29, 1.82) is 0 Å². The van der Waals surface area contributed by atoms with Gasteiger partial charge in [-0.3, -0.25) is 19.3 Å². The summed E-state index contributed by atoms with van der Waals surface area (Å²) in [5.41, 5.74) is 2.24. The largest absolute Gasteiger partial charge is 0.481 e. The van der Waals surface area contributed by atoms with E-state index >= 15 is 0 Å². The van der Waals surface area contributed by atoms with Crippen LogP contribution in [0.4, 0.5) is 0 Å². The number of ether oxygens (including phenoxy) is 2. The van der Waals surface area contributed by atoms with Crippen molar-refractivity contribution < 1.29 is 29.0 Å². The Morgan fingerprint density at radius 3 is 2.53 bits per heavy atom. The molecular weight excluding hydrogens is 484 g/mol. The number of hydrogen-bond donors (Lipinski definition) is 2. The molecule has 2 N–H and O–H groups in total. The zero-order valence-electron chi connectivity index (χ0n) is 20.1. The van der Waals surface area contributed by atoms with Crippen molar-refractivity contribution >= 4 is 29.4 Å². The second-order valence-electron chi connectivity index (χ2n) is 9.34. The van der Waals surface area contributed by atoms with Gasteiger partial charge in [-0.2, -0.15) is 0 Å². The molecule has 36 heavy (non-hydrogen) atoms. The average Bonchev–Trinajstić information content (AvgIpc) is 3.56. The molecule has 2 aliphatic rings. The highest BCUT2D eigenvalue weighted by Crippen LogP contribution is 2.54. The smallest absolute Gasteiger partial charge is 0.308 e. The van der Waals surface area contributed by atoms with Crippen LogP contribution in [0, 0.1) is 0 Å². The third-order valence-corrected chi connectivity index (χ3v) is 6.97. The lowest BCUT2D eigenvalue weighted by atomic mass is 9.99. The number of nitrogens with zero attached hydrogens (tertiary/aromatic N) is 1. The fraction of sp³-hybridized carbons (Fsp3) is 0.444. The Morgan fingerprint density at radius 1 is 1.08 bits per heavy atom. The molecule has 1 unspecified atom stereocenters. The van der Waals surface area contributed by atoms with Crippen molar-refractivity contribution in [1.82, 2.24) is 10.2 Å². The second kappa shape index (κ2) is 11.9. The van der Waals surface area contributed by atoms with Gasteiger partial charge in [0.1, 0.15) is 6.61 Å². The Labute approximate surface area is 215 Å². The highest BCUT2D eigenvalue weighted by molar-refractivity contribution is 6.30. The van der Waals surface area contributed by atoms with Crippen molar-refractivity contribution in [2.75, 3.05) is 39.5 Å². The van der Waals surface area contributed by atoms with Gasteiger partial charge in [0, 0.05) is 37.0 Å². The van der Waals surface area contributed by atoms with E-state index < -0.39 is 11.5 Å². The molecule has 2 aromatic carbocycles. The van der Waals surface area contributed by atoms with Gasteiger partial charge >= 0.3 is 11.9 Å². The quantitative estimate of drug-likeness (QED) is 0.442. The van der Waals surface area contributed by atoms with E-state index in [-0.39, 0.29) is 43.7 Å². The zero-order chi connectivity index (χ0) is 25.5. The molecule has 0 spiro atoms. The normalized spacial score (nSPS) is 21.5.